The Morgan fingerprint density at radius 2 is 2.14 bits per heavy atom. The lowest BCUT2D eigenvalue weighted by Gasteiger charge is -2.04. The van der Waals surface area contributed by atoms with Gasteiger partial charge in [-0.2, -0.15) is 4.98 Å². The van der Waals surface area contributed by atoms with Crippen molar-refractivity contribution < 1.29 is 0 Å². The monoisotopic (exact) mass is 279 g/mol. The van der Waals surface area contributed by atoms with Crippen molar-refractivity contribution >= 4 is 11.6 Å². The Morgan fingerprint density at radius 3 is 3.05 bits per heavy atom. The molecule has 21 heavy (non-hydrogen) atoms. The molecule has 0 unspecified atom stereocenters. The zero-order valence-corrected chi connectivity index (χ0v) is 11.9. The van der Waals surface area contributed by atoms with Crippen molar-refractivity contribution in [3.05, 3.63) is 58.8 Å². The second kappa shape index (κ2) is 4.86. The Bertz CT molecular complexity index is 806. The first-order chi connectivity index (χ1) is 10.3. The summed E-state index contributed by atoms with van der Waals surface area (Å²) in [7, 11) is 0. The van der Waals surface area contributed by atoms with Gasteiger partial charge >= 0.3 is 0 Å². The van der Waals surface area contributed by atoms with E-state index in [9.17, 15) is 0 Å². The molecule has 1 aromatic carbocycles. The summed E-state index contributed by atoms with van der Waals surface area (Å²) in [5.41, 5.74) is 6.08. The third kappa shape index (κ3) is 2.25. The van der Waals surface area contributed by atoms with E-state index in [1.807, 2.05) is 29.8 Å². The lowest BCUT2D eigenvalue weighted by Crippen LogP contribution is -2.02. The molecule has 0 amide bonds. The minimum Gasteiger partial charge on any atom is -0.349 e. The highest BCUT2D eigenvalue weighted by Gasteiger charge is 2.10. The van der Waals surface area contributed by atoms with Crippen LogP contribution in [-0.2, 0) is 19.6 Å². The molecule has 0 spiro atoms. The molecule has 2 aromatic heterocycles. The number of pyridine rings is 1. The number of nitrogens with one attached hydrogen (secondary N) is 2. The fourth-order valence-corrected chi connectivity index (χ4v) is 2.75. The Hall–Kier alpha value is -2.40. The second-order valence-electron chi connectivity index (χ2n) is 5.45. The van der Waals surface area contributed by atoms with Crippen molar-refractivity contribution in [3.8, 4) is 0 Å². The van der Waals surface area contributed by atoms with Gasteiger partial charge in [-0.25, -0.2) is 4.52 Å². The van der Waals surface area contributed by atoms with Crippen molar-refractivity contribution in [1.82, 2.24) is 19.9 Å². The largest absolute Gasteiger partial charge is 0.349 e. The minimum atomic E-state index is 0.669. The number of rotatable bonds is 3. The normalized spacial score (nSPS) is 13.6. The average Bonchev–Trinajstić information content (AvgIpc) is 3.11. The van der Waals surface area contributed by atoms with E-state index in [2.05, 4.69) is 38.9 Å². The molecule has 106 valence electrons. The number of anilines is 1. The topological polar surface area (TPSA) is 54.2 Å². The number of benzene rings is 1. The number of nitrogens with zero attached hydrogens (tertiary/aromatic N) is 3. The molecule has 0 radical (unpaired) electrons. The minimum absolute atomic E-state index is 0.669. The number of aryl methyl sites for hydroxylation is 1. The van der Waals surface area contributed by atoms with E-state index in [4.69, 9.17) is 0 Å². The van der Waals surface area contributed by atoms with Crippen molar-refractivity contribution in [3.63, 3.8) is 0 Å². The highest BCUT2D eigenvalue weighted by molar-refractivity contribution is 5.50. The summed E-state index contributed by atoms with van der Waals surface area (Å²) in [6.07, 6.45) is 1.92. The average molecular weight is 279 g/mol. The number of fused-ring (bicyclic) bond motifs is 2. The van der Waals surface area contributed by atoms with Gasteiger partial charge in [0.25, 0.3) is 0 Å². The van der Waals surface area contributed by atoms with E-state index in [-0.39, 0.29) is 0 Å². The molecule has 0 saturated heterocycles. The molecule has 5 heteroatoms. The summed E-state index contributed by atoms with van der Waals surface area (Å²) in [6, 6.07) is 10.6. The third-order valence-electron chi connectivity index (χ3n) is 3.91. The van der Waals surface area contributed by atoms with Gasteiger partial charge in [0.15, 0.2) is 5.65 Å². The fraction of sp³-hybridized carbons (Fsp3) is 0.250. The van der Waals surface area contributed by atoms with Crippen LogP contribution in [0.2, 0.25) is 0 Å². The highest BCUT2D eigenvalue weighted by Crippen LogP contribution is 2.18. The van der Waals surface area contributed by atoms with Crippen LogP contribution >= 0.6 is 0 Å². The quantitative estimate of drug-likeness (QED) is 0.772. The summed E-state index contributed by atoms with van der Waals surface area (Å²) >= 11 is 0. The van der Waals surface area contributed by atoms with Crippen LogP contribution in [-0.4, -0.2) is 14.6 Å². The Labute approximate surface area is 123 Å². The van der Waals surface area contributed by atoms with E-state index in [1.165, 1.54) is 16.7 Å². The zero-order chi connectivity index (χ0) is 14.2. The van der Waals surface area contributed by atoms with Crippen molar-refractivity contribution in [1.29, 1.82) is 0 Å². The lowest BCUT2D eigenvalue weighted by molar-refractivity contribution is 0.764. The van der Waals surface area contributed by atoms with Crippen LogP contribution in [0.3, 0.4) is 0 Å². The molecule has 1 aliphatic heterocycles. The predicted molar refractivity (Wildman–Crippen MR) is 82.0 cm³/mol. The summed E-state index contributed by atoms with van der Waals surface area (Å²) < 4.78 is 1.81. The molecule has 3 aromatic rings. The SMILES string of the molecule is Cc1cccn2nc(NCc3ccc4c(c3)CNC4)nc12. The van der Waals surface area contributed by atoms with Crippen LogP contribution in [0.5, 0.6) is 0 Å². The van der Waals surface area contributed by atoms with Gasteiger partial charge in [0.05, 0.1) is 0 Å². The number of aromatic nitrogens is 3. The number of hydrogen-bond donors (Lipinski definition) is 2. The van der Waals surface area contributed by atoms with E-state index in [0.717, 1.165) is 30.8 Å². The van der Waals surface area contributed by atoms with E-state index >= 15 is 0 Å². The fourth-order valence-electron chi connectivity index (χ4n) is 2.75. The van der Waals surface area contributed by atoms with Crippen LogP contribution in [0.15, 0.2) is 36.5 Å². The zero-order valence-electron chi connectivity index (χ0n) is 11.9. The molecule has 1 aliphatic rings. The Kier molecular flexibility index (Phi) is 2.86. The molecule has 0 saturated carbocycles. The van der Waals surface area contributed by atoms with E-state index in [1.54, 1.807) is 0 Å². The van der Waals surface area contributed by atoms with E-state index < -0.39 is 0 Å². The maximum absolute atomic E-state index is 4.53. The van der Waals surface area contributed by atoms with Gasteiger partial charge in [-0.15, -0.1) is 5.10 Å². The van der Waals surface area contributed by atoms with Crippen LogP contribution in [0.25, 0.3) is 5.65 Å². The molecular formula is C16H17N5. The Balaban J connectivity index is 1.54. The summed E-state index contributed by atoms with van der Waals surface area (Å²) in [5.74, 6) is 0.669. The first kappa shape index (κ1) is 12.3. The maximum Gasteiger partial charge on any atom is 0.243 e. The second-order valence-corrected chi connectivity index (χ2v) is 5.45. The van der Waals surface area contributed by atoms with Crippen molar-refractivity contribution in [2.45, 2.75) is 26.6 Å². The standard InChI is InChI=1S/C16H17N5/c1-11-3-2-6-21-15(11)19-16(20-21)18-8-12-4-5-13-9-17-10-14(13)7-12/h2-7,17H,8-10H2,1H3,(H,18,20). The molecule has 5 nitrogen and oxygen atoms in total. The molecule has 0 bridgehead atoms. The molecule has 0 atom stereocenters. The molecule has 3 heterocycles. The van der Waals surface area contributed by atoms with Crippen molar-refractivity contribution in [2.75, 3.05) is 5.32 Å². The predicted octanol–water partition coefficient (Wildman–Crippen LogP) is 2.25. The summed E-state index contributed by atoms with van der Waals surface area (Å²) in [6.45, 7) is 4.73. The van der Waals surface area contributed by atoms with Gasteiger partial charge in [-0.1, -0.05) is 24.3 Å². The van der Waals surface area contributed by atoms with Gasteiger partial charge < -0.3 is 10.6 Å². The van der Waals surface area contributed by atoms with Crippen LogP contribution in [0, 0.1) is 6.92 Å². The molecule has 2 N–H and O–H groups in total. The van der Waals surface area contributed by atoms with Crippen LogP contribution < -0.4 is 10.6 Å². The van der Waals surface area contributed by atoms with Gasteiger partial charge in [0, 0.05) is 25.8 Å². The lowest BCUT2D eigenvalue weighted by atomic mass is 10.1. The maximum atomic E-state index is 4.53. The first-order valence-corrected chi connectivity index (χ1v) is 7.17. The van der Waals surface area contributed by atoms with Crippen LogP contribution in [0.4, 0.5) is 5.95 Å². The van der Waals surface area contributed by atoms with Crippen LogP contribution in [0.1, 0.15) is 22.3 Å². The highest BCUT2D eigenvalue weighted by atomic mass is 15.3. The molecular weight excluding hydrogens is 262 g/mol. The summed E-state index contributed by atoms with van der Waals surface area (Å²) in [4.78, 5) is 4.53. The first-order valence-electron chi connectivity index (χ1n) is 7.17. The van der Waals surface area contributed by atoms with Gasteiger partial charge in [0.1, 0.15) is 0 Å². The Morgan fingerprint density at radius 1 is 1.24 bits per heavy atom. The van der Waals surface area contributed by atoms with Gasteiger partial charge in [-0.05, 0) is 35.2 Å². The molecule has 0 aliphatic carbocycles. The summed E-state index contributed by atoms with van der Waals surface area (Å²) in [5, 5.41) is 11.1. The molecule has 0 fully saturated rings. The number of hydrogen-bond acceptors (Lipinski definition) is 4. The van der Waals surface area contributed by atoms with Gasteiger partial charge in [0.2, 0.25) is 5.95 Å². The molecule has 4 rings (SSSR count). The van der Waals surface area contributed by atoms with Gasteiger partial charge in [-0.3, -0.25) is 0 Å². The van der Waals surface area contributed by atoms with Crippen molar-refractivity contribution in [2.24, 2.45) is 0 Å². The smallest absolute Gasteiger partial charge is 0.243 e. The third-order valence-corrected chi connectivity index (χ3v) is 3.91. The van der Waals surface area contributed by atoms with E-state index in [0.29, 0.717) is 5.95 Å².